The summed E-state index contributed by atoms with van der Waals surface area (Å²) in [6.07, 6.45) is 5.00. The zero-order chi connectivity index (χ0) is 20.2. The normalized spacial score (nSPS) is 10.5. The monoisotopic (exact) mass is 365 g/mol. The molecule has 3 N–H and O–H groups in total. The number of ether oxygens (including phenoxy) is 1. The minimum Gasteiger partial charge on any atom is -0.493 e. The number of aliphatic carboxylic acids is 2. The molecule has 146 valence electrons. The summed E-state index contributed by atoms with van der Waals surface area (Å²) in [7, 11) is 0. The highest BCUT2D eigenvalue weighted by Crippen LogP contribution is 2.21. The van der Waals surface area contributed by atoms with E-state index in [2.05, 4.69) is 57.8 Å². The number of carbonyl (C=O) groups is 2. The molecule has 1 aromatic carbocycles. The third kappa shape index (κ3) is 12.1. The van der Waals surface area contributed by atoms with Crippen LogP contribution in [-0.4, -0.2) is 40.8 Å². The summed E-state index contributed by atoms with van der Waals surface area (Å²) >= 11 is 0. The predicted octanol–water partition coefficient (Wildman–Crippen LogP) is 3.43. The number of hydrogen-bond donors (Lipinski definition) is 3. The molecule has 0 aliphatic heterocycles. The molecule has 1 aromatic rings. The highest BCUT2D eigenvalue weighted by atomic mass is 16.5. The fraction of sp³-hybridized carbons (Fsp3) is 0.500. The van der Waals surface area contributed by atoms with Crippen LogP contribution in [0.4, 0.5) is 0 Å². The van der Waals surface area contributed by atoms with Crippen molar-refractivity contribution in [3.05, 3.63) is 42.0 Å². The SMILES string of the molecule is C=CCc1cc(C)ccc1OCCCCNC(C)(C)C.O=C(O)C(=O)O. The van der Waals surface area contributed by atoms with Gasteiger partial charge in [-0.15, -0.1) is 6.58 Å². The number of unbranched alkanes of at least 4 members (excludes halogenated alkanes) is 1. The average molecular weight is 365 g/mol. The molecule has 0 heterocycles. The molecule has 0 aromatic heterocycles. The molecule has 26 heavy (non-hydrogen) atoms. The van der Waals surface area contributed by atoms with E-state index in [1.54, 1.807) is 0 Å². The van der Waals surface area contributed by atoms with E-state index in [0.29, 0.717) is 0 Å². The van der Waals surface area contributed by atoms with Crippen LogP contribution in [0.15, 0.2) is 30.9 Å². The lowest BCUT2D eigenvalue weighted by molar-refractivity contribution is -0.159. The van der Waals surface area contributed by atoms with Gasteiger partial charge in [-0.05, 0) is 65.1 Å². The number of rotatable bonds is 8. The van der Waals surface area contributed by atoms with Crippen LogP contribution in [0.2, 0.25) is 0 Å². The maximum atomic E-state index is 9.10. The molecule has 0 radical (unpaired) electrons. The van der Waals surface area contributed by atoms with E-state index in [4.69, 9.17) is 24.5 Å². The molecule has 0 saturated carbocycles. The lowest BCUT2D eigenvalue weighted by atomic mass is 10.1. The second-order valence-corrected chi connectivity index (χ2v) is 6.95. The Hall–Kier alpha value is -2.34. The van der Waals surface area contributed by atoms with E-state index in [9.17, 15) is 0 Å². The molecule has 1 rings (SSSR count). The van der Waals surface area contributed by atoms with Crippen LogP contribution in [0.3, 0.4) is 0 Å². The van der Waals surface area contributed by atoms with Crippen molar-refractivity contribution >= 4 is 11.9 Å². The largest absolute Gasteiger partial charge is 0.493 e. The van der Waals surface area contributed by atoms with Gasteiger partial charge in [0, 0.05) is 5.54 Å². The molecular weight excluding hydrogens is 334 g/mol. The Kier molecular flexibility index (Phi) is 11.0. The van der Waals surface area contributed by atoms with Gasteiger partial charge in [0.25, 0.3) is 0 Å². The zero-order valence-electron chi connectivity index (χ0n) is 16.2. The number of hydrogen-bond acceptors (Lipinski definition) is 4. The topological polar surface area (TPSA) is 95.9 Å². The first-order chi connectivity index (χ1) is 12.1. The van der Waals surface area contributed by atoms with Gasteiger partial charge in [0.05, 0.1) is 6.61 Å². The molecule has 0 unspecified atom stereocenters. The van der Waals surface area contributed by atoms with Crippen molar-refractivity contribution in [2.75, 3.05) is 13.2 Å². The molecule has 0 atom stereocenters. The summed E-state index contributed by atoms with van der Waals surface area (Å²) in [6.45, 7) is 14.3. The summed E-state index contributed by atoms with van der Waals surface area (Å²) in [5.74, 6) is -2.65. The Morgan fingerprint density at radius 3 is 2.31 bits per heavy atom. The average Bonchev–Trinajstić information content (AvgIpc) is 2.52. The van der Waals surface area contributed by atoms with E-state index < -0.39 is 11.9 Å². The minimum absolute atomic E-state index is 0.203. The van der Waals surface area contributed by atoms with Crippen LogP contribution in [0.1, 0.15) is 44.7 Å². The van der Waals surface area contributed by atoms with Crippen molar-refractivity contribution in [3.8, 4) is 5.75 Å². The van der Waals surface area contributed by atoms with Crippen molar-refractivity contribution in [2.24, 2.45) is 0 Å². The summed E-state index contributed by atoms with van der Waals surface area (Å²) in [4.78, 5) is 18.2. The minimum atomic E-state index is -1.82. The number of aryl methyl sites for hydroxylation is 1. The molecule has 0 saturated heterocycles. The zero-order valence-corrected chi connectivity index (χ0v) is 16.2. The molecule has 6 nitrogen and oxygen atoms in total. The van der Waals surface area contributed by atoms with Gasteiger partial charge in [-0.3, -0.25) is 0 Å². The number of allylic oxidation sites excluding steroid dienone is 1. The van der Waals surface area contributed by atoms with E-state index in [-0.39, 0.29) is 5.54 Å². The fourth-order valence-electron chi connectivity index (χ4n) is 2.04. The predicted molar refractivity (Wildman–Crippen MR) is 103 cm³/mol. The van der Waals surface area contributed by atoms with Gasteiger partial charge in [-0.25, -0.2) is 9.59 Å². The summed E-state index contributed by atoms with van der Waals surface area (Å²) in [6, 6.07) is 6.35. The smallest absolute Gasteiger partial charge is 0.414 e. The first-order valence-corrected chi connectivity index (χ1v) is 8.61. The Bertz CT molecular complexity index is 578. The molecule has 6 heteroatoms. The van der Waals surface area contributed by atoms with Gasteiger partial charge in [-0.1, -0.05) is 23.8 Å². The van der Waals surface area contributed by atoms with Crippen molar-refractivity contribution in [2.45, 2.75) is 52.5 Å². The van der Waals surface area contributed by atoms with Crippen molar-refractivity contribution in [1.82, 2.24) is 5.32 Å². The Morgan fingerprint density at radius 2 is 1.81 bits per heavy atom. The first kappa shape index (κ1) is 23.7. The Morgan fingerprint density at radius 1 is 1.19 bits per heavy atom. The van der Waals surface area contributed by atoms with Gasteiger partial charge < -0.3 is 20.3 Å². The van der Waals surface area contributed by atoms with Crippen LogP contribution in [0.25, 0.3) is 0 Å². The number of carboxylic acid groups (broad SMARTS) is 2. The number of nitrogens with one attached hydrogen (secondary N) is 1. The maximum Gasteiger partial charge on any atom is 0.414 e. The van der Waals surface area contributed by atoms with E-state index in [1.807, 2.05) is 6.08 Å². The van der Waals surface area contributed by atoms with Gasteiger partial charge in [0.2, 0.25) is 0 Å². The third-order valence-corrected chi connectivity index (χ3v) is 3.25. The van der Waals surface area contributed by atoms with Crippen molar-refractivity contribution in [3.63, 3.8) is 0 Å². The van der Waals surface area contributed by atoms with Gasteiger partial charge >= 0.3 is 11.9 Å². The van der Waals surface area contributed by atoms with Crippen LogP contribution < -0.4 is 10.1 Å². The number of benzene rings is 1. The van der Waals surface area contributed by atoms with Crippen molar-refractivity contribution < 1.29 is 24.5 Å². The van der Waals surface area contributed by atoms with E-state index in [1.165, 1.54) is 11.1 Å². The molecule has 0 fully saturated rings. The molecule has 0 spiro atoms. The lowest BCUT2D eigenvalue weighted by Crippen LogP contribution is -2.36. The third-order valence-electron chi connectivity index (χ3n) is 3.25. The van der Waals surface area contributed by atoms with Crippen LogP contribution in [0, 0.1) is 6.92 Å². The van der Waals surface area contributed by atoms with Crippen LogP contribution in [-0.2, 0) is 16.0 Å². The number of carboxylic acids is 2. The summed E-state index contributed by atoms with van der Waals surface area (Å²) in [5.41, 5.74) is 2.70. The van der Waals surface area contributed by atoms with E-state index in [0.717, 1.165) is 38.2 Å². The first-order valence-electron chi connectivity index (χ1n) is 8.61. The van der Waals surface area contributed by atoms with E-state index >= 15 is 0 Å². The lowest BCUT2D eigenvalue weighted by Gasteiger charge is -2.20. The Labute approximate surface area is 155 Å². The Balaban J connectivity index is 0.000000896. The molecule has 0 aliphatic carbocycles. The van der Waals surface area contributed by atoms with Gasteiger partial charge in [-0.2, -0.15) is 0 Å². The maximum absolute atomic E-state index is 9.10. The van der Waals surface area contributed by atoms with Crippen molar-refractivity contribution in [1.29, 1.82) is 0 Å². The van der Waals surface area contributed by atoms with Gasteiger partial charge in [0.1, 0.15) is 5.75 Å². The molecular formula is C20H31NO5. The second kappa shape index (κ2) is 12.1. The molecule has 0 aliphatic rings. The fourth-order valence-corrected chi connectivity index (χ4v) is 2.04. The van der Waals surface area contributed by atoms with Crippen LogP contribution >= 0.6 is 0 Å². The highest BCUT2D eigenvalue weighted by molar-refractivity contribution is 6.27. The summed E-state index contributed by atoms with van der Waals surface area (Å²) < 4.78 is 5.90. The second-order valence-electron chi connectivity index (χ2n) is 6.95. The summed E-state index contributed by atoms with van der Waals surface area (Å²) in [5, 5.41) is 18.3. The van der Waals surface area contributed by atoms with Gasteiger partial charge in [0.15, 0.2) is 0 Å². The standard InChI is InChI=1S/C18H29NO.C2H2O4/c1-6-9-16-14-15(2)10-11-17(16)20-13-8-7-12-19-18(3,4)5;3-1(4)2(5)6/h6,10-11,14,19H,1,7-9,12-13H2,2-5H3;(H,3,4)(H,5,6). The highest BCUT2D eigenvalue weighted by Gasteiger charge is 2.07. The van der Waals surface area contributed by atoms with Crippen LogP contribution in [0.5, 0.6) is 5.75 Å². The molecule has 0 amide bonds. The molecule has 0 bridgehead atoms. The quantitative estimate of drug-likeness (QED) is 0.371.